The van der Waals surface area contributed by atoms with Gasteiger partial charge in [-0.3, -0.25) is 30.1 Å². The summed E-state index contributed by atoms with van der Waals surface area (Å²) in [6, 6.07) is 10.3. The van der Waals surface area contributed by atoms with Crippen molar-refractivity contribution >= 4 is 23.8 Å². The van der Waals surface area contributed by atoms with Gasteiger partial charge in [-0.2, -0.15) is 0 Å². The van der Waals surface area contributed by atoms with Crippen LogP contribution in [0, 0.1) is 0 Å². The summed E-state index contributed by atoms with van der Waals surface area (Å²) in [6.45, 7) is -0.0337. The van der Waals surface area contributed by atoms with Gasteiger partial charge in [0.15, 0.2) is 0 Å². The molecule has 1 aliphatic carbocycles. The number of hydrogen-bond donors (Lipinski definition) is 3. The van der Waals surface area contributed by atoms with Crippen LogP contribution in [0.5, 0.6) is 0 Å². The van der Waals surface area contributed by atoms with E-state index < -0.39 is 23.4 Å². The molecule has 1 aromatic carbocycles. The van der Waals surface area contributed by atoms with Crippen LogP contribution < -0.4 is 16.2 Å². The van der Waals surface area contributed by atoms with Crippen LogP contribution in [0.25, 0.3) is 5.69 Å². The molecule has 1 spiro atoms. The van der Waals surface area contributed by atoms with Gasteiger partial charge in [0.1, 0.15) is 5.54 Å². The van der Waals surface area contributed by atoms with Gasteiger partial charge in [0.05, 0.1) is 11.3 Å². The van der Waals surface area contributed by atoms with Crippen molar-refractivity contribution in [3.05, 3.63) is 54.4 Å². The average molecular weight is 423 g/mol. The first-order chi connectivity index (χ1) is 15.0. The predicted molar refractivity (Wildman–Crippen MR) is 112 cm³/mol. The van der Waals surface area contributed by atoms with Crippen molar-refractivity contribution in [1.29, 1.82) is 0 Å². The fourth-order valence-electron chi connectivity index (χ4n) is 4.23. The molecule has 0 bridgehead atoms. The molecule has 0 radical (unpaired) electrons. The minimum atomic E-state index is -0.803. The largest absolute Gasteiger partial charge is 0.325 e. The Balaban J connectivity index is 1.31. The van der Waals surface area contributed by atoms with Gasteiger partial charge in [0.25, 0.3) is 11.8 Å². The van der Waals surface area contributed by atoms with E-state index in [1.54, 1.807) is 22.8 Å². The van der Waals surface area contributed by atoms with Crippen molar-refractivity contribution in [2.45, 2.75) is 44.1 Å². The molecule has 1 aliphatic heterocycles. The third-order valence-corrected chi connectivity index (χ3v) is 5.86. The standard InChI is InChI=1S/C22H25N5O4/c28-18(10-15-27-20(30)22(23-21(27)31)11-4-1-5-12-22)24-25-19(29)16-8-2-3-9-17(16)26-13-6-7-14-26/h2-3,6-9,13-14H,1,4-5,10-12,15H2,(H,23,31)(H,24,28)(H,25,29). The Morgan fingerprint density at radius 2 is 1.68 bits per heavy atom. The monoisotopic (exact) mass is 423 g/mol. The summed E-state index contributed by atoms with van der Waals surface area (Å²) in [6.07, 6.45) is 7.67. The van der Waals surface area contributed by atoms with Crippen LogP contribution in [0.2, 0.25) is 0 Å². The maximum absolute atomic E-state index is 12.7. The van der Waals surface area contributed by atoms with Gasteiger partial charge in [-0.1, -0.05) is 31.4 Å². The van der Waals surface area contributed by atoms with Crippen LogP contribution in [0.4, 0.5) is 4.79 Å². The number of rotatable bonds is 5. The maximum atomic E-state index is 12.7. The van der Waals surface area contributed by atoms with Crippen molar-refractivity contribution in [1.82, 2.24) is 25.6 Å². The number of amides is 5. The molecule has 2 fully saturated rings. The summed E-state index contributed by atoms with van der Waals surface area (Å²) in [7, 11) is 0. The number of imide groups is 1. The van der Waals surface area contributed by atoms with Crippen LogP contribution in [0.15, 0.2) is 48.8 Å². The zero-order valence-corrected chi connectivity index (χ0v) is 17.1. The van der Waals surface area contributed by atoms with E-state index in [0.717, 1.165) is 24.2 Å². The molecule has 0 atom stereocenters. The van der Waals surface area contributed by atoms with Crippen molar-refractivity contribution in [2.75, 3.05) is 6.54 Å². The second-order valence-corrected chi connectivity index (χ2v) is 7.89. The fraction of sp³-hybridized carbons (Fsp3) is 0.364. The molecule has 3 N–H and O–H groups in total. The summed E-state index contributed by atoms with van der Waals surface area (Å²) < 4.78 is 1.80. The van der Waals surface area contributed by atoms with E-state index in [9.17, 15) is 19.2 Å². The lowest BCUT2D eigenvalue weighted by Crippen LogP contribution is -2.48. The Hall–Kier alpha value is -3.62. The van der Waals surface area contributed by atoms with Gasteiger partial charge in [-0.15, -0.1) is 0 Å². The number of nitrogens with zero attached hydrogens (tertiary/aromatic N) is 2. The summed E-state index contributed by atoms with van der Waals surface area (Å²) in [5, 5.41) is 2.82. The van der Waals surface area contributed by atoms with Crippen molar-refractivity contribution < 1.29 is 19.2 Å². The van der Waals surface area contributed by atoms with Gasteiger partial charge < -0.3 is 9.88 Å². The van der Waals surface area contributed by atoms with Crippen LogP contribution in [0.1, 0.15) is 48.9 Å². The van der Waals surface area contributed by atoms with Crippen LogP contribution in [-0.4, -0.2) is 45.3 Å². The number of benzene rings is 1. The number of aromatic nitrogens is 1. The number of nitrogens with one attached hydrogen (secondary N) is 3. The Kier molecular flexibility index (Phi) is 5.75. The zero-order valence-electron chi connectivity index (χ0n) is 17.1. The molecular formula is C22H25N5O4. The smallest absolute Gasteiger partial charge is 0.323 e. The molecule has 1 aromatic heterocycles. The van der Waals surface area contributed by atoms with Gasteiger partial charge in [-0.05, 0) is 37.1 Å². The lowest BCUT2D eigenvalue weighted by molar-refractivity contribution is -0.132. The number of carbonyl (C=O) groups excluding carboxylic acids is 4. The molecule has 5 amide bonds. The second-order valence-electron chi connectivity index (χ2n) is 7.89. The normalized spacial score (nSPS) is 17.5. The molecular weight excluding hydrogens is 398 g/mol. The number of hydrogen-bond acceptors (Lipinski definition) is 4. The first-order valence-corrected chi connectivity index (χ1v) is 10.5. The van der Waals surface area contributed by atoms with E-state index in [1.165, 1.54) is 0 Å². The maximum Gasteiger partial charge on any atom is 0.325 e. The van der Waals surface area contributed by atoms with E-state index in [0.29, 0.717) is 24.1 Å². The molecule has 2 aliphatic rings. The fourth-order valence-corrected chi connectivity index (χ4v) is 4.23. The highest BCUT2D eigenvalue weighted by Gasteiger charge is 2.51. The number of urea groups is 1. The van der Waals surface area contributed by atoms with E-state index in [2.05, 4.69) is 16.2 Å². The first kappa shape index (κ1) is 20.6. The first-order valence-electron chi connectivity index (χ1n) is 10.5. The molecule has 162 valence electrons. The lowest BCUT2D eigenvalue weighted by Gasteiger charge is -2.30. The molecule has 1 saturated heterocycles. The summed E-state index contributed by atoms with van der Waals surface area (Å²) in [5.41, 5.74) is 5.03. The summed E-state index contributed by atoms with van der Waals surface area (Å²) >= 11 is 0. The molecule has 31 heavy (non-hydrogen) atoms. The number of para-hydroxylation sites is 1. The van der Waals surface area contributed by atoms with E-state index >= 15 is 0 Å². The molecule has 4 rings (SSSR count). The number of hydrazine groups is 1. The van der Waals surface area contributed by atoms with Crippen LogP contribution in [-0.2, 0) is 9.59 Å². The SMILES string of the molecule is O=C(CCN1C(=O)NC2(CCCCC2)C1=O)NNC(=O)c1ccccc1-n1cccc1. The van der Waals surface area contributed by atoms with Gasteiger partial charge in [-0.25, -0.2) is 4.79 Å². The second kappa shape index (κ2) is 8.63. The van der Waals surface area contributed by atoms with Crippen molar-refractivity contribution in [2.24, 2.45) is 0 Å². The van der Waals surface area contributed by atoms with E-state index in [4.69, 9.17) is 0 Å². The Labute approximate surface area is 179 Å². The third-order valence-electron chi connectivity index (χ3n) is 5.86. The topological polar surface area (TPSA) is 113 Å². The van der Waals surface area contributed by atoms with Gasteiger partial charge in [0.2, 0.25) is 5.91 Å². The highest BCUT2D eigenvalue weighted by molar-refractivity contribution is 6.07. The summed E-state index contributed by atoms with van der Waals surface area (Å²) in [4.78, 5) is 50.9. The molecule has 9 heteroatoms. The lowest BCUT2D eigenvalue weighted by atomic mass is 9.82. The zero-order chi connectivity index (χ0) is 21.8. The number of carbonyl (C=O) groups is 4. The van der Waals surface area contributed by atoms with E-state index in [1.807, 2.05) is 30.6 Å². The predicted octanol–water partition coefficient (Wildman–Crippen LogP) is 1.88. The highest BCUT2D eigenvalue weighted by Crippen LogP contribution is 2.33. The van der Waals surface area contributed by atoms with Gasteiger partial charge in [0, 0.05) is 25.4 Å². The molecule has 9 nitrogen and oxygen atoms in total. The molecule has 2 heterocycles. The third kappa shape index (κ3) is 4.16. The van der Waals surface area contributed by atoms with Gasteiger partial charge >= 0.3 is 6.03 Å². The molecule has 0 unspecified atom stereocenters. The Morgan fingerprint density at radius 3 is 2.42 bits per heavy atom. The quantitative estimate of drug-likeness (QED) is 0.503. The van der Waals surface area contributed by atoms with Crippen molar-refractivity contribution in [3.63, 3.8) is 0 Å². The highest BCUT2D eigenvalue weighted by atomic mass is 16.2. The Bertz CT molecular complexity index is 995. The average Bonchev–Trinajstić information content (AvgIpc) is 3.39. The molecule has 2 aromatic rings. The van der Waals surface area contributed by atoms with E-state index in [-0.39, 0.29) is 18.9 Å². The van der Waals surface area contributed by atoms with Crippen LogP contribution in [0.3, 0.4) is 0 Å². The Morgan fingerprint density at radius 1 is 0.968 bits per heavy atom. The molecule has 1 saturated carbocycles. The summed E-state index contributed by atoms with van der Waals surface area (Å²) in [5.74, 6) is -1.21. The minimum absolute atomic E-state index is 0.0337. The van der Waals surface area contributed by atoms with Crippen LogP contribution >= 0.6 is 0 Å². The minimum Gasteiger partial charge on any atom is -0.323 e. The van der Waals surface area contributed by atoms with Crippen molar-refractivity contribution in [3.8, 4) is 5.69 Å².